The predicted octanol–water partition coefficient (Wildman–Crippen LogP) is 4.26. The van der Waals surface area contributed by atoms with Crippen LogP contribution in [0.5, 0.6) is 0 Å². The summed E-state index contributed by atoms with van der Waals surface area (Å²) in [4.78, 5) is 36.5. The highest BCUT2D eigenvalue weighted by Gasteiger charge is 2.56. The molecule has 0 aliphatic carbocycles. The van der Waals surface area contributed by atoms with Gasteiger partial charge < -0.3 is 29.8 Å². The fourth-order valence-electron chi connectivity index (χ4n) is 6.08. The number of aryl methyl sites for hydroxylation is 1. The molecule has 6 rings (SSSR count). The molecule has 0 bridgehead atoms. The molecule has 1 unspecified atom stereocenters. The molecule has 12 heteroatoms. The maximum absolute atomic E-state index is 13.6. The Bertz CT molecular complexity index is 1640. The molecular formula is C31H42N8O4. The molecule has 2 fully saturated rings. The van der Waals surface area contributed by atoms with E-state index in [2.05, 4.69) is 58.9 Å². The average molecular weight is 591 g/mol. The van der Waals surface area contributed by atoms with Crippen molar-refractivity contribution in [2.45, 2.75) is 110 Å². The Hall–Kier alpha value is -3.61. The Labute approximate surface area is 251 Å². The van der Waals surface area contributed by atoms with E-state index < -0.39 is 24.2 Å². The summed E-state index contributed by atoms with van der Waals surface area (Å²) in [7, 11) is 0. The fourth-order valence-corrected chi connectivity index (χ4v) is 6.08. The first kappa shape index (κ1) is 29.5. The summed E-state index contributed by atoms with van der Waals surface area (Å²) in [5, 5.41) is 0. The summed E-state index contributed by atoms with van der Waals surface area (Å²) in [6, 6.07) is 6.35. The van der Waals surface area contributed by atoms with Crippen molar-refractivity contribution < 1.29 is 19.0 Å². The number of amides is 1. The van der Waals surface area contributed by atoms with E-state index in [0.29, 0.717) is 42.8 Å². The van der Waals surface area contributed by atoms with Crippen LogP contribution >= 0.6 is 0 Å². The lowest BCUT2D eigenvalue weighted by atomic mass is 9.87. The molecule has 4 atom stereocenters. The van der Waals surface area contributed by atoms with Crippen LogP contribution in [0.4, 0.5) is 5.82 Å². The van der Waals surface area contributed by atoms with Crippen molar-refractivity contribution in [3.63, 3.8) is 0 Å². The molecule has 0 radical (unpaired) electrons. The highest BCUT2D eigenvalue weighted by Crippen LogP contribution is 2.44. The molecule has 2 aliphatic heterocycles. The molecule has 2 aliphatic rings. The number of aromatic nitrogens is 6. The van der Waals surface area contributed by atoms with Crippen molar-refractivity contribution >= 4 is 33.9 Å². The van der Waals surface area contributed by atoms with E-state index in [4.69, 9.17) is 24.9 Å². The third kappa shape index (κ3) is 5.71. The monoisotopic (exact) mass is 590 g/mol. The van der Waals surface area contributed by atoms with Crippen LogP contribution in [-0.4, -0.2) is 77.0 Å². The average Bonchev–Trinajstić information content (AvgIpc) is 3.67. The standard InChI is InChI=1S/C31H42N8O4/c1-17(2)38(23(40)10-8-9-22-36-19-12-11-18(30(3,4)5)13-20(19)37-22)14-21-25-26(43-31(6,7)42-25)29(41-21)39-16-35-24-27(32)33-15-34-28(24)39/h11-13,15-17,21,25-26,29H,8-10,14H2,1-7H3,(H,36,37)(H2,32,33,34)/t21-,25-,26-,29?/m1/s1. The summed E-state index contributed by atoms with van der Waals surface area (Å²) in [5.74, 6) is 0.460. The van der Waals surface area contributed by atoms with Gasteiger partial charge in [-0.3, -0.25) is 9.36 Å². The second kappa shape index (κ2) is 10.8. The Morgan fingerprint density at radius 2 is 1.93 bits per heavy atom. The van der Waals surface area contributed by atoms with Gasteiger partial charge in [0.25, 0.3) is 0 Å². The molecule has 12 nitrogen and oxygen atoms in total. The van der Waals surface area contributed by atoms with Gasteiger partial charge in [-0.05, 0) is 57.2 Å². The Morgan fingerprint density at radius 3 is 2.67 bits per heavy atom. The lowest BCUT2D eigenvalue weighted by molar-refractivity contribution is -0.198. The number of nitrogen functional groups attached to an aromatic ring is 1. The topological polar surface area (TPSA) is 146 Å². The molecule has 3 N–H and O–H groups in total. The van der Waals surface area contributed by atoms with Crippen molar-refractivity contribution in [2.75, 3.05) is 12.3 Å². The lowest BCUT2D eigenvalue weighted by Crippen LogP contribution is -2.46. The second-order valence-electron chi connectivity index (χ2n) is 13.4. The molecule has 0 saturated carbocycles. The van der Waals surface area contributed by atoms with Gasteiger partial charge in [-0.15, -0.1) is 0 Å². The molecular weight excluding hydrogens is 548 g/mol. The van der Waals surface area contributed by atoms with Crippen LogP contribution in [0, 0.1) is 0 Å². The van der Waals surface area contributed by atoms with Gasteiger partial charge in [0, 0.05) is 25.4 Å². The Kier molecular flexibility index (Phi) is 7.42. The number of fused-ring (bicyclic) bond motifs is 3. The van der Waals surface area contributed by atoms with E-state index in [-0.39, 0.29) is 23.5 Å². The number of ether oxygens (including phenoxy) is 3. The third-order valence-electron chi connectivity index (χ3n) is 8.31. The van der Waals surface area contributed by atoms with Gasteiger partial charge in [0.05, 0.1) is 17.4 Å². The first-order valence-electron chi connectivity index (χ1n) is 15.0. The molecule has 0 spiro atoms. The number of imidazole rings is 2. The SMILES string of the molecule is CC(C)N(C[C@H]1OC(n2cnc3c(N)ncnc32)[C@@H]2OC(C)(C)O[C@H]12)C(=O)CCCc1nc2ccc(C(C)(C)C)cc2[nH]1. The van der Waals surface area contributed by atoms with E-state index in [1.54, 1.807) is 6.33 Å². The predicted molar refractivity (Wildman–Crippen MR) is 162 cm³/mol. The molecule has 3 aromatic heterocycles. The summed E-state index contributed by atoms with van der Waals surface area (Å²) >= 11 is 0. The number of carbonyl (C=O) groups is 1. The highest BCUT2D eigenvalue weighted by atomic mass is 16.8. The van der Waals surface area contributed by atoms with Crippen LogP contribution in [0.1, 0.15) is 78.9 Å². The van der Waals surface area contributed by atoms with E-state index in [0.717, 1.165) is 16.9 Å². The van der Waals surface area contributed by atoms with E-state index >= 15 is 0 Å². The summed E-state index contributed by atoms with van der Waals surface area (Å²) in [5.41, 5.74) is 10.4. The number of hydrogen-bond acceptors (Lipinski definition) is 9. The van der Waals surface area contributed by atoms with Crippen LogP contribution in [0.3, 0.4) is 0 Å². The minimum atomic E-state index is -0.799. The quantitative estimate of drug-likeness (QED) is 0.307. The normalized spacial score (nSPS) is 23.4. The van der Waals surface area contributed by atoms with Crippen LogP contribution in [-0.2, 0) is 30.8 Å². The number of aromatic amines is 1. The second-order valence-corrected chi connectivity index (χ2v) is 13.4. The first-order chi connectivity index (χ1) is 20.3. The minimum Gasteiger partial charge on any atom is -0.382 e. The molecule has 1 aromatic carbocycles. The van der Waals surface area contributed by atoms with Crippen LogP contribution in [0.15, 0.2) is 30.9 Å². The number of nitrogens with one attached hydrogen (secondary N) is 1. The van der Waals surface area contributed by atoms with E-state index in [1.807, 2.05) is 37.2 Å². The van der Waals surface area contributed by atoms with Gasteiger partial charge in [0.2, 0.25) is 5.91 Å². The summed E-state index contributed by atoms with van der Waals surface area (Å²) in [6.07, 6.45) is 3.07. The maximum atomic E-state index is 13.6. The number of rotatable bonds is 8. The van der Waals surface area contributed by atoms with Crippen molar-refractivity contribution in [1.82, 2.24) is 34.4 Å². The maximum Gasteiger partial charge on any atom is 0.222 e. The molecule has 4 aromatic rings. The number of carbonyl (C=O) groups excluding carboxylic acids is 1. The first-order valence-corrected chi connectivity index (χ1v) is 15.0. The number of nitrogens with two attached hydrogens (primary N) is 1. The largest absolute Gasteiger partial charge is 0.382 e. The van der Waals surface area contributed by atoms with Gasteiger partial charge >= 0.3 is 0 Å². The smallest absolute Gasteiger partial charge is 0.222 e. The van der Waals surface area contributed by atoms with Crippen LogP contribution in [0.25, 0.3) is 22.2 Å². The van der Waals surface area contributed by atoms with Gasteiger partial charge in [-0.1, -0.05) is 26.8 Å². The molecule has 43 heavy (non-hydrogen) atoms. The van der Waals surface area contributed by atoms with Crippen LogP contribution in [0.2, 0.25) is 0 Å². The molecule has 230 valence electrons. The highest BCUT2D eigenvalue weighted by molar-refractivity contribution is 5.81. The minimum absolute atomic E-state index is 0.0208. The van der Waals surface area contributed by atoms with Gasteiger partial charge in [0.15, 0.2) is 23.5 Å². The fraction of sp³-hybridized carbons (Fsp3) is 0.581. The zero-order valence-corrected chi connectivity index (χ0v) is 26.0. The number of hydrogen-bond donors (Lipinski definition) is 2. The van der Waals surface area contributed by atoms with Gasteiger partial charge in [-0.25, -0.2) is 19.9 Å². The summed E-state index contributed by atoms with van der Waals surface area (Å²) in [6.45, 7) is 14.8. The van der Waals surface area contributed by atoms with Crippen LogP contribution < -0.4 is 5.73 Å². The number of nitrogens with zero attached hydrogens (tertiary/aromatic N) is 6. The zero-order valence-electron chi connectivity index (χ0n) is 26.0. The number of anilines is 1. The summed E-state index contributed by atoms with van der Waals surface area (Å²) < 4.78 is 21.0. The lowest BCUT2D eigenvalue weighted by Gasteiger charge is -2.31. The van der Waals surface area contributed by atoms with Crippen molar-refractivity contribution in [1.29, 1.82) is 0 Å². The molecule has 2 saturated heterocycles. The van der Waals surface area contributed by atoms with Crippen molar-refractivity contribution in [3.8, 4) is 0 Å². The van der Waals surface area contributed by atoms with Crippen molar-refractivity contribution in [2.24, 2.45) is 0 Å². The number of H-pyrrole nitrogens is 1. The van der Waals surface area contributed by atoms with E-state index in [1.165, 1.54) is 11.9 Å². The Morgan fingerprint density at radius 1 is 1.16 bits per heavy atom. The Balaban J connectivity index is 1.14. The van der Waals surface area contributed by atoms with Crippen molar-refractivity contribution in [3.05, 3.63) is 42.2 Å². The molecule has 5 heterocycles. The third-order valence-corrected chi connectivity index (χ3v) is 8.31. The zero-order chi connectivity index (χ0) is 30.7. The van der Waals surface area contributed by atoms with E-state index in [9.17, 15) is 4.79 Å². The van der Waals surface area contributed by atoms with Gasteiger partial charge in [0.1, 0.15) is 36.0 Å². The number of benzene rings is 1. The molecule has 1 amide bonds. The van der Waals surface area contributed by atoms with Gasteiger partial charge in [-0.2, -0.15) is 0 Å².